The van der Waals surface area contributed by atoms with Gasteiger partial charge in [-0.15, -0.1) is 0 Å². The Bertz CT molecular complexity index is 645. The number of amides is 1. The molecule has 1 aliphatic carbocycles. The van der Waals surface area contributed by atoms with Crippen LogP contribution in [-0.4, -0.2) is 5.91 Å². The fourth-order valence-electron chi connectivity index (χ4n) is 3.17. The van der Waals surface area contributed by atoms with Crippen molar-refractivity contribution in [3.05, 3.63) is 70.8 Å². The lowest BCUT2D eigenvalue weighted by molar-refractivity contribution is -0.121. The number of fused-ring (bicyclic) bond motifs is 1. The van der Waals surface area contributed by atoms with E-state index in [9.17, 15) is 4.79 Å². The van der Waals surface area contributed by atoms with E-state index in [4.69, 9.17) is 0 Å². The molecular weight excluding hydrogens is 270 g/mol. The number of nitrogens with one attached hydrogen (secondary N) is 1. The lowest BCUT2D eigenvalue weighted by Gasteiger charge is -2.14. The molecule has 1 N–H and O–H groups in total. The van der Waals surface area contributed by atoms with Gasteiger partial charge in [-0.25, -0.2) is 0 Å². The molecule has 0 bridgehead atoms. The van der Waals surface area contributed by atoms with Crippen LogP contribution in [0.1, 0.15) is 48.1 Å². The summed E-state index contributed by atoms with van der Waals surface area (Å²) in [6, 6.07) is 17.2. The zero-order valence-electron chi connectivity index (χ0n) is 13.1. The Morgan fingerprint density at radius 2 is 1.82 bits per heavy atom. The Kier molecular flexibility index (Phi) is 4.57. The Labute approximate surface area is 132 Å². The summed E-state index contributed by atoms with van der Waals surface area (Å²) >= 11 is 0. The smallest absolute Gasteiger partial charge is 0.220 e. The Balaban J connectivity index is 1.53. The van der Waals surface area contributed by atoms with Crippen LogP contribution in [0.3, 0.4) is 0 Å². The van der Waals surface area contributed by atoms with Gasteiger partial charge in [0.25, 0.3) is 0 Å². The van der Waals surface area contributed by atoms with Crippen LogP contribution >= 0.6 is 0 Å². The Morgan fingerprint density at radius 3 is 2.59 bits per heavy atom. The predicted octanol–water partition coefficient (Wildman–Crippen LogP) is 3.99. The van der Waals surface area contributed by atoms with Crippen LogP contribution < -0.4 is 5.32 Å². The third kappa shape index (κ3) is 3.38. The molecule has 0 aromatic heterocycles. The van der Waals surface area contributed by atoms with Crippen LogP contribution in [0.25, 0.3) is 0 Å². The molecule has 1 atom stereocenters. The summed E-state index contributed by atoms with van der Waals surface area (Å²) in [5, 5.41) is 3.19. The van der Waals surface area contributed by atoms with Crippen molar-refractivity contribution >= 4 is 5.91 Å². The van der Waals surface area contributed by atoms with E-state index in [0.29, 0.717) is 6.42 Å². The van der Waals surface area contributed by atoms with Crippen molar-refractivity contribution in [1.82, 2.24) is 5.32 Å². The highest BCUT2D eigenvalue weighted by molar-refractivity contribution is 5.77. The van der Waals surface area contributed by atoms with Crippen molar-refractivity contribution in [2.45, 2.75) is 45.1 Å². The number of carbonyl (C=O) groups is 1. The molecule has 0 heterocycles. The van der Waals surface area contributed by atoms with Crippen LogP contribution in [0.5, 0.6) is 0 Å². The average molecular weight is 293 g/mol. The van der Waals surface area contributed by atoms with Gasteiger partial charge in [0.05, 0.1) is 6.04 Å². The summed E-state index contributed by atoms with van der Waals surface area (Å²) in [6.45, 7) is 2.15. The van der Waals surface area contributed by atoms with E-state index in [1.165, 1.54) is 22.3 Å². The minimum absolute atomic E-state index is 0.154. The fraction of sp³-hybridized carbons (Fsp3) is 0.350. The van der Waals surface area contributed by atoms with E-state index in [1.54, 1.807) is 0 Å². The standard InChI is InChI=1S/C20H23NO/c1-2-15-7-9-16(10-8-15)11-14-20(22)21-19-13-12-17-5-3-4-6-18(17)19/h3-10,19H,2,11-14H2,1H3,(H,21,22)/t19-/m1/s1. The molecule has 3 rings (SSSR count). The second-order valence-electron chi connectivity index (χ2n) is 6.03. The summed E-state index contributed by atoms with van der Waals surface area (Å²) in [5.74, 6) is 0.154. The Hall–Kier alpha value is -2.09. The van der Waals surface area contributed by atoms with Gasteiger partial charge in [0, 0.05) is 6.42 Å². The molecule has 22 heavy (non-hydrogen) atoms. The summed E-state index contributed by atoms with van der Waals surface area (Å²) in [4.78, 5) is 12.2. The van der Waals surface area contributed by atoms with Crippen molar-refractivity contribution in [1.29, 1.82) is 0 Å². The molecule has 2 aromatic carbocycles. The molecule has 0 aliphatic heterocycles. The normalized spacial score (nSPS) is 16.3. The van der Waals surface area contributed by atoms with Gasteiger partial charge < -0.3 is 5.32 Å². The largest absolute Gasteiger partial charge is 0.349 e. The van der Waals surface area contributed by atoms with Crippen LogP contribution in [0.4, 0.5) is 0 Å². The maximum absolute atomic E-state index is 12.2. The molecule has 114 valence electrons. The molecule has 0 saturated heterocycles. The topological polar surface area (TPSA) is 29.1 Å². The first-order valence-electron chi connectivity index (χ1n) is 8.21. The van der Waals surface area contributed by atoms with Gasteiger partial charge >= 0.3 is 0 Å². The van der Waals surface area contributed by atoms with E-state index in [1.807, 2.05) is 0 Å². The molecular formula is C20H23NO. The summed E-state index contributed by atoms with van der Waals surface area (Å²) in [5.41, 5.74) is 5.25. The van der Waals surface area contributed by atoms with Gasteiger partial charge in [-0.2, -0.15) is 0 Å². The van der Waals surface area contributed by atoms with E-state index in [-0.39, 0.29) is 11.9 Å². The highest BCUT2D eigenvalue weighted by atomic mass is 16.1. The molecule has 0 unspecified atom stereocenters. The maximum Gasteiger partial charge on any atom is 0.220 e. The lowest BCUT2D eigenvalue weighted by atomic mass is 10.1. The second-order valence-corrected chi connectivity index (χ2v) is 6.03. The fourth-order valence-corrected chi connectivity index (χ4v) is 3.17. The molecule has 1 amide bonds. The van der Waals surface area contributed by atoms with E-state index in [2.05, 4.69) is 60.8 Å². The van der Waals surface area contributed by atoms with Crippen LogP contribution in [0, 0.1) is 0 Å². The van der Waals surface area contributed by atoms with Gasteiger partial charge in [0.2, 0.25) is 5.91 Å². The first-order chi connectivity index (χ1) is 10.8. The average Bonchev–Trinajstić information content (AvgIpc) is 2.97. The molecule has 0 fully saturated rings. The highest BCUT2D eigenvalue weighted by Crippen LogP contribution is 2.30. The maximum atomic E-state index is 12.2. The number of aryl methyl sites for hydroxylation is 3. The molecule has 0 radical (unpaired) electrons. The number of benzene rings is 2. The summed E-state index contributed by atoms with van der Waals surface area (Å²) in [6.07, 6.45) is 4.52. The van der Waals surface area contributed by atoms with Crippen molar-refractivity contribution in [2.75, 3.05) is 0 Å². The monoisotopic (exact) mass is 293 g/mol. The van der Waals surface area contributed by atoms with Crippen LogP contribution in [0.2, 0.25) is 0 Å². The van der Waals surface area contributed by atoms with E-state index >= 15 is 0 Å². The number of carbonyl (C=O) groups excluding carboxylic acids is 1. The van der Waals surface area contributed by atoms with Crippen molar-refractivity contribution < 1.29 is 4.79 Å². The minimum atomic E-state index is 0.154. The molecule has 1 aliphatic rings. The SMILES string of the molecule is CCc1ccc(CCC(=O)N[C@@H]2CCc3ccccc32)cc1. The summed E-state index contributed by atoms with van der Waals surface area (Å²) < 4.78 is 0. The predicted molar refractivity (Wildman–Crippen MR) is 89.8 cm³/mol. The number of rotatable bonds is 5. The van der Waals surface area contributed by atoms with Gasteiger partial charge in [-0.05, 0) is 47.9 Å². The first-order valence-corrected chi connectivity index (χ1v) is 8.21. The van der Waals surface area contributed by atoms with Crippen molar-refractivity contribution in [3.8, 4) is 0 Å². The molecule has 2 aromatic rings. The van der Waals surface area contributed by atoms with Gasteiger partial charge in [-0.1, -0.05) is 55.5 Å². The van der Waals surface area contributed by atoms with Crippen LogP contribution in [0.15, 0.2) is 48.5 Å². The van der Waals surface area contributed by atoms with Crippen LogP contribution in [-0.2, 0) is 24.1 Å². The van der Waals surface area contributed by atoms with Crippen molar-refractivity contribution in [2.24, 2.45) is 0 Å². The van der Waals surface area contributed by atoms with Gasteiger partial charge in [-0.3, -0.25) is 4.79 Å². The van der Waals surface area contributed by atoms with Gasteiger partial charge in [0.15, 0.2) is 0 Å². The number of hydrogen-bond acceptors (Lipinski definition) is 1. The highest BCUT2D eigenvalue weighted by Gasteiger charge is 2.22. The molecule has 2 nitrogen and oxygen atoms in total. The van der Waals surface area contributed by atoms with E-state index in [0.717, 1.165) is 25.7 Å². The first kappa shape index (κ1) is 14.8. The number of hydrogen-bond donors (Lipinski definition) is 1. The van der Waals surface area contributed by atoms with Crippen molar-refractivity contribution in [3.63, 3.8) is 0 Å². The lowest BCUT2D eigenvalue weighted by Crippen LogP contribution is -2.27. The molecule has 0 spiro atoms. The second kappa shape index (κ2) is 6.78. The molecule has 2 heteroatoms. The molecule has 0 saturated carbocycles. The summed E-state index contributed by atoms with van der Waals surface area (Å²) in [7, 11) is 0. The zero-order valence-corrected chi connectivity index (χ0v) is 13.1. The third-order valence-corrected chi connectivity index (χ3v) is 4.54. The zero-order chi connectivity index (χ0) is 15.4. The third-order valence-electron chi connectivity index (χ3n) is 4.54. The quantitative estimate of drug-likeness (QED) is 0.887. The minimum Gasteiger partial charge on any atom is -0.349 e. The van der Waals surface area contributed by atoms with Gasteiger partial charge in [0.1, 0.15) is 0 Å². The Morgan fingerprint density at radius 1 is 1.09 bits per heavy atom. The van der Waals surface area contributed by atoms with E-state index < -0.39 is 0 Å².